The van der Waals surface area contributed by atoms with Crippen molar-refractivity contribution < 1.29 is 14.3 Å². The molecule has 8 heteroatoms. The fourth-order valence-corrected chi connectivity index (χ4v) is 3.18. The molecule has 0 saturated carbocycles. The summed E-state index contributed by atoms with van der Waals surface area (Å²) in [7, 11) is 0. The first-order valence-electron chi connectivity index (χ1n) is 9.91. The first kappa shape index (κ1) is 19.9. The molecule has 0 spiro atoms. The Labute approximate surface area is 174 Å². The topological polar surface area (TPSA) is 81.0 Å². The molecule has 3 aromatic rings. The predicted octanol–water partition coefficient (Wildman–Crippen LogP) is 1.80. The number of amides is 1. The fraction of sp³-hybridized carbons (Fsp3) is 0.318. The molecule has 30 heavy (non-hydrogen) atoms. The van der Waals surface area contributed by atoms with Gasteiger partial charge in [0, 0.05) is 37.0 Å². The Kier molecular flexibility index (Phi) is 6.54. The lowest BCUT2D eigenvalue weighted by Crippen LogP contribution is -2.37. The van der Waals surface area contributed by atoms with E-state index in [2.05, 4.69) is 32.1 Å². The Bertz CT molecular complexity index is 1050. The highest BCUT2D eigenvalue weighted by Crippen LogP contribution is 2.14. The standard InChI is InChI=1S/C22H23N5O3/c28-17-24-19-5-2-18(3-6-19)4-7-20-15-23-22-14-21(16-25-27(20)22)30-11-1-8-26-9-12-29-13-10-26/h2-3,5-6,14-17H,1,8-13H2,(H,24,28). The van der Waals surface area contributed by atoms with Crippen LogP contribution in [0.25, 0.3) is 5.65 Å². The zero-order valence-electron chi connectivity index (χ0n) is 16.6. The first-order chi connectivity index (χ1) is 14.8. The van der Waals surface area contributed by atoms with Crippen molar-refractivity contribution in [1.82, 2.24) is 19.5 Å². The average molecular weight is 405 g/mol. The molecular formula is C22H23N5O3. The highest BCUT2D eigenvalue weighted by molar-refractivity contribution is 5.71. The summed E-state index contributed by atoms with van der Waals surface area (Å²) in [5.41, 5.74) is 2.94. The van der Waals surface area contributed by atoms with Crippen molar-refractivity contribution in [2.45, 2.75) is 6.42 Å². The third-order valence-corrected chi connectivity index (χ3v) is 4.77. The zero-order chi connectivity index (χ0) is 20.6. The molecule has 154 valence electrons. The van der Waals surface area contributed by atoms with Gasteiger partial charge >= 0.3 is 0 Å². The van der Waals surface area contributed by atoms with Crippen molar-refractivity contribution in [1.29, 1.82) is 0 Å². The van der Waals surface area contributed by atoms with Gasteiger partial charge < -0.3 is 14.8 Å². The number of anilines is 1. The molecule has 0 bridgehead atoms. The molecule has 1 amide bonds. The van der Waals surface area contributed by atoms with Crippen LogP contribution in [0.5, 0.6) is 5.75 Å². The fourth-order valence-electron chi connectivity index (χ4n) is 3.18. The minimum Gasteiger partial charge on any atom is -0.492 e. The molecule has 3 heterocycles. The smallest absolute Gasteiger partial charge is 0.211 e. The Balaban J connectivity index is 1.34. The molecule has 0 aliphatic carbocycles. The molecule has 1 aromatic carbocycles. The molecule has 1 fully saturated rings. The second-order valence-corrected chi connectivity index (χ2v) is 6.85. The lowest BCUT2D eigenvalue weighted by atomic mass is 10.2. The molecule has 0 atom stereocenters. The van der Waals surface area contributed by atoms with Gasteiger partial charge in [0.1, 0.15) is 11.4 Å². The first-order valence-corrected chi connectivity index (χ1v) is 9.91. The third kappa shape index (κ3) is 5.14. The lowest BCUT2D eigenvalue weighted by Gasteiger charge is -2.26. The van der Waals surface area contributed by atoms with Crippen LogP contribution in [0, 0.1) is 11.8 Å². The van der Waals surface area contributed by atoms with Gasteiger partial charge in [-0.25, -0.2) is 9.50 Å². The van der Waals surface area contributed by atoms with Crippen LogP contribution >= 0.6 is 0 Å². The van der Waals surface area contributed by atoms with Crippen LogP contribution in [0.2, 0.25) is 0 Å². The molecule has 1 N–H and O–H groups in total. The van der Waals surface area contributed by atoms with Crippen molar-refractivity contribution in [2.75, 3.05) is 44.8 Å². The lowest BCUT2D eigenvalue weighted by molar-refractivity contribution is -0.105. The number of imidazole rings is 1. The van der Waals surface area contributed by atoms with E-state index in [1.807, 2.05) is 18.2 Å². The number of aromatic nitrogens is 3. The number of benzene rings is 1. The number of nitrogens with zero attached hydrogens (tertiary/aromatic N) is 4. The van der Waals surface area contributed by atoms with Gasteiger partial charge in [-0.1, -0.05) is 5.92 Å². The number of nitrogens with one attached hydrogen (secondary N) is 1. The number of rotatable bonds is 7. The summed E-state index contributed by atoms with van der Waals surface area (Å²) in [6.45, 7) is 5.26. The van der Waals surface area contributed by atoms with E-state index in [9.17, 15) is 4.79 Å². The summed E-state index contributed by atoms with van der Waals surface area (Å²) in [4.78, 5) is 17.2. The van der Waals surface area contributed by atoms with E-state index in [1.54, 1.807) is 29.0 Å². The largest absolute Gasteiger partial charge is 0.492 e. The summed E-state index contributed by atoms with van der Waals surface area (Å²) < 4.78 is 12.9. The third-order valence-electron chi connectivity index (χ3n) is 4.77. The molecule has 1 saturated heterocycles. The number of carbonyl (C=O) groups excluding carboxylic acids is 1. The number of carbonyl (C=O) groups is 1. The van der Waals surface area contributed by atoms with Crippen LogP contribution in [0.15, 0.2) is 42.7 Å². The minimum absolute atomic E-state index is 0.636. The van der Waals surface area contributed by atoms with Gasteiger partial charge in [-0.15, -0.1) is 0 Å². The molecule has 1 aliphatic heterocycles. The maximum Gasteiger partial charge on any atom is 0.211 e. The quantitative estimate of drug-likeness (QED) is 0.367. The van der Waals surface area contributed by atoms with Crippen LogP contribution in [0.4, 0.5) is 5.69 Å². The second kappa shape index (κ2) is 9.87. The van der Waals surface area contributed by atoms with Crippen LogP contribution in [-0.4, -0.2) is 65.4 Å². The normalized spacial score (nSPS) is 14.1. The van der Waals surface area contributed by atoms with Gasteiger partial charge in [0.25, 0.3) is 0 Å². The monoisotopic (exact) mass is 405 g/mol. The Morgan fingerprint density at radius 1 is 1.17 bits per heavy atom. The predicted molar refractivity (Wildman–Crippen MR) is 112 cm³/mol. The number of hydrogen-bond acceptors (Lipinski definition) is 6. The number of ether oxygens (including phenoxy) is 2. The van der Waals surface area contributed by atoms with E-state index in [-0.39, 0.29) is 0 Å². The van der Waals surface area contributed by atoms with Crippen molar-refractivity contribution in [2.24, 2.45) is 0 Å². The molecule has 4 rings (SSSR count). The van der Waals surface area contributed by atoms with E-state index in [0.29, 0.717) is 30.1 Å². The Hall–Kier alpha value is -3.41. The summed E-state index contributed by atoms with van der Waals surface area (Å²) in [5.74, 6) is 6.87. The van der Waals surface area contributed by atoms with Crippen molar-refractivity contribution in [3.8, 4) is 17.6 Å². The van der Waals surface area contributed by atoms with E-state index < -0.39 is 0 Å². The molecule has 0 radical (unpaired) electrons. The average Bonchev–Trinajstić information content (AvgIpc) is 3.19. The van der Waals surface area contributed by atoms with Gasteiger partial charge in [-0.3, -0.25) is 9.69 Å². The van der Waals surface area contributed by atoms with Crippen molar-refractivity contribution in [3.63, 3.8) is 0 Å². The number of morpholine rings is 1. The van der Waals surface area contributed by atoms with Crippen molar-refractivity contribution in [3.05, 3.63) is 54.0 Å². The van der Waals surface area contributed by atoms with E-state index >= 15 is 0 Å². The van der Waals surface area contributed by atoms with E-state index in [4.69, 9.17) is 9.47 Å². The van der Waals surface area contributed by atoms with E-state index in [1.165, 1.54) is 0 Å². The zero-order valence-corrected chi connectivity index (χ0v) is 16.6. The molecule has 2 aromatic heterocycles. The molecule has 8 nitrogen and oxygen atoms in total. The number of hydrogen-bond donors (Lipinski definition) is 1. The van der Waals surface area contributed by atoms with Crippen LogP contribution in [-0.2, 0) is 9.53 Å². The van der Waals surface area contributed by atoms with Crippen LogP contribution in [0.3, 0.4) is 0 Å². The Morgan fingerprint density at radius 2 is 2.00 bits per heavy atom. The summed E-state index contributed by atoms with van der Waals surface area (Å²) in [6, 6.07) is 9.16. The van der Waals surface area contributed by atoms with Crippen molar-refractivity contribution >= 4 is 17.7 Å². The van der Waals surface area contributed by atoms with Gasteiger partial charge in [0.2, 0.25) is 6.41 Å². The minimum atomic E-state index is 0.636. The van der Waals surface area contributed by atoms with Gasteiger partial charge in [0.05, 0.1) is 32.2 Å². The summed E-state index contributed by atoms with van der Waals surface area (Å²) in [6.07, 6.45) is 4.98. The maximum atomic E-state index is 10.5. The van der Waals surface area contributed by atoms with Gasteiger partial charge in [-0.2, -0.15) is 5.10 Å². The molecule has 1 aliphatic rings. The Morgan fingerprint density at radius 3 is 2.80 bits per heavy atom. The highest BCUT2D eigenvalue weighted by Gasteiger charge is 2.09. The highest BCUT2D eigenvalue weighted by atomic mass is 16.5. The molecule has 0 unspecified atom stereocenters. The molecular weight excluding hydrogens is 382 g/mol. The second-order valence-electron chi connectivity index (χ2n) is 6.85. The van der Waals surface area contributed by atoms with Crippen LogP contribution < -0.4 is 10.1 Å². The summed E-state index contributed by atoms with van der Waals surface area (Å²) in [5, 5.41) is 7.01. The SMILES string of the molecule is O=CNc1ccc(C#Cc2cnc3cc(OCCCN4CCOCC4)cnn23)cc1. The maximum absolute atomic E-state index is 10.5. The number of fused-ring (bicyclic) bond motifs is 1. The van der Waals surface area contributed by atoms with E-state index in [0.717, 1.165) is 50.5 Å². The van der Waals surface area contributed by atoms with Crippen LogP contribution in [0.1, 0.15) is 17.7 Å². The van der Waals surface area contributed by atoms with Gasteiger partial charge in [-0.05, 0) is 36.6 Å². The summed E-state index contributed by atoms with van der Waals surface area (Å²) >= 11 is 0. The van der Waals surface area contributed by atoms with Gasteiger partial charge in [0.15, 0.2) is 5.65 Å².